The Bertz CT molecular complexity index is 806. The second-order valence-corrected chi connectivity index (χ2v) is 4.07. The minimum atomic E-state index is -0.407. The SMILES string of the molecule is CC(=O)Oc1ccc2nc3ccc(=O)cc-3oc2c1. The molecular weight excluding hydrogens is 246 g/mol. The first-order valence-corrected chi connectivity index (χ1v) is 5.65. The van der Waals surface area contributed by atoms with Gasteiger partial charge in [-0.15, -0.1) is 0 Å². The van der Waals surface area contributed by atoms with Crippen LogP contribution in [0.25, 0.3) is 22.6 Å². The first-order chi connectivity index (χ1) is 9.11. The van der Waals surface area contributed by atoms with Gasteiger partial charge in [-0.05, 0) is 24.3 Å². The number of carbonyl (C=O) groups is 1. The highest BCUT2D eigenvalue weighted by molar-refractivity contribution is 5.79. The van der Waals surface area contributed by atoms with Gasteiger partial charge in [-0.1, -0.05) is 0 Å². The van der Waals surface area contributed by atoms with Crippen LogP contribution in [0.4, 0.5) is 0 Å². The van der Waals surface area contributed by atoms with Gasteiger partial charge in [0.05, 0.1) is 0 Å². The van der Waals surface area contributed by atoms with Crippen molar-refractivity contribution in [1.29, 1.82) is 0 Å². The molecule has 0 saturated carbocycles. The molecule has 0 amide bonds. The average molecular weight is 255 g/mol. The van der Waals surface area contributed by atoms with E-state index in [1.165, 1.54) is 19.1 Å². The average Bonchev–Trinajstić information content (AvgIpc) is 2.35. The van der Waals surface area contributed by atoms with Crippen molar-refractivity contribution in [2.45, 2.75) is 6.92 Å². The van der Waals surface area contributed by atoms with Gasteiger partial charge < -0.3 is 9.15 Å². The zero-order chi connectivity index (χ0) is 13.4. The number of fused-ring (bicyclic) bond motifs is 2. The van der Waals surface area contributed by atoms with Gasteiger partial charge in [0.25, 0.3) is 0 Å². The van der Waals surface area contributed by atoms with Crippen LogP contribution in [0.1, 0.15) is 6.92 Å². The van der Waals surface area contributed by atoms with Gasteiger partial charge in [0.1, 0.15) is 17.0 Å². The fraction of sp³-hybridized carbons (Fsp3) is 0.0714. The molecule has 0 bridgehead atoms. The minimum Gasteiger partial charge on any atom is -0.453 e. The predicted molar refractivity (Wildman–Crippen MR) is 68.2 cm³/mol. The Labute approximate surface area is 107 Å². The summed E-state index contributed by atoms with van der Waals surface area (Å²) in [5.74, 6) is 0.373. The van der Waals surface area contributed by atoms with Gasteiger partial charge in [-0.3, -0.25) is 9.59 Å². The number of aromatic nitrogens is 1. The third kappa shape index (κ3) is 2.18. The van der Waals surface area contributed by atoms with E-state index in [1.54, 1.807) is 24.3 Å². The monoisotopic (exact) mass is 255 g/mol. The van der Waals surface area contributed by atoms with E-state index >= 15 is 0 Å². The summed E-state index contributed by atoms with van der Waals surface area (Å²) in [6, 6.07) is 9.33. The zero-order valence-electron chi connectivity index (χ0n) is 10.0. The van der Waals surface area contributed by atoms with Crippen LogP contribution >= 0.6 is 0 Å². The fourth-order valence-electron chi connectivity index (χ4n) is 1.81. The van der Waals surface area contributed by atoms with E-state index in [0.29, 0.717) is 28.3 Å². The number of esters is 1. The Morgan fingerprint density at radius 1 is 1.21 bits per heavy atom. The fourth-order valence-corrected chi connectivity index (χ4v) is 1.81. The maximum Gasteiger partial charge on any atom is 0.308 e. The molecule has 1 aliphatic heterocycles. The molecule has 0 spiro atoms. The van der Waals surface area contributed by atoms with Crippen molar-refractivity contribution >= 4 is 17.1 Å². The third-order valence-corrected chi connectivity index (χ3v) is 2.58. The lowest BCUT2D eigenvalue weighted by atomic mass is 10.2. The first-order valence-electron chi connectivity index (χ1n) is 5.65. The van der Waals surface area contributed by atoms with E-state index in [0.717, 1.165) is 0 Å². The maximum absolute atomic E-state index is 11.3. The highest BCUT2D eigenvalue weighted by Gasteiger charge is 2.10. The smallest absolute Gasteiger partial charge is 0.308 e. The number of hydrogen-bond donors (Lipinski definition) is 0. The summed E-state index contributed by atoms with van der Waals surface area (Å²) in [6.45, 7) is 1.32. The predicted octanol–water partition coefficient (Wildman–Crippen LogP) is 2.22. The molecule has 0 atom stereocenters. The molecule has 0 unspecified atom stereocenters. The number of nitrogens with zero attached hydrogens (tertiary/aromatic N) is 1. The van der Waals surface area contributed by atoms with Crippen LogP contribution in [0, 0.1) is 0 Å². The van der Waals surface area contributed by atoms with Gasteiger partial charge in [-0.2, -0.15) is 0 Å². The Hall–Kier alpha value is -2.69. The van der Waals surface area contributed by atoms with Gasteiger partial charge in [0.15, 0.2) is 16.8 Å². The standard InChI is InChI=1S/C14H9NO4/c1-8(16)18-10-3-5-12-14(7-10)19-13-6-9(17)2-4-11(13)15-12/h2-7H,1H3. The van der Waals surface area contributed by atoms with Crippen LogP contribution in [0.5, 0.6) is 5.75 Å². The minimum absolute atomic E-state index is 0.145. The van der Waals surface area contributed by atoms with E-state index in [9.17, 15) is 9.59 Å². The van der Waals surface area contributed by atoms with E-state index in [1.807, 2.05) is 0 Å². The Kier molecular flexibility index (Phi) is 2.52. The van der Waals surface area contributed by atoms with Crippen LogP contribution < -0.4 is 10.2 Å². The van der Waals surface area contributed by atoms with Crippen LogP contribution in [0.2, 0.25) is 0 Å². The summed E-state index contributed by atoms with van der Waals surface area (Å²) in [6.07, 6.45) is 0. The Morgan fingerprint density at radius 2 is 2.05 bits per heavy atom. The lowest BCUT2D eigenvalue weighted by molar-refractivity contribution is -0.131. The molecule has 0 N–H and O–H groups in total. The number of rotatable bonds is 1. The quantitative estimate of drug-likeness (QED) is 0.379. The van der Waals surface area contributed by atoms with Gasteiger partial charge >= 0.3 is 5.97 Å². The van der Waals surface area contributed by atoms with Crippen LogP contribution in [-0.4, -0.2) is 11.0 Å². The molecule has 0 saturated heterocycles. The van der Waals surface area contributed by atoms with Crippen molar-refractivity contribution in [2.24, 2.45) is 0 Å². The van der Waals surface area contributed by atoms with Crippen molar-refractivity contribution in [3.63, 3.8) is 0 Å². The molecule has 0 radical (unpaired) electrons. The Balaban J connectivity index is 2.22. The van der Waals surface area contributed by atoms with Crippen molar-refractivity contribution in [3.05, 3.63) is 46.6 Å². The van der Waals surface area contributed by atoms with Gasteiger partial charge in [0, 0.05) is 19.1 Å². The molecule has 1 aliphatic carbocycles. The van der Waals surface area contributed by atoms with Crippen LogP contribution in [-0.2, 0) is 4.79 Å². The molecule has 0 aromatic heterocycles. The number of carbonyl (C=O) groups excluding carboxylic acids is 1. The summed E-state index contributed by atoms with van der Waals surface area (Å²) >= 11 is 0. The van der Waals surface area contributed by atoms with Crippen molar-refractivity contribution in [2.75, 3.05) is 0 Å². The summed E-state index contributed by atoms with van der Waals surface area (Å²) in [7, 11) is 0. The highest BCUT2D eigenvalue weighted by atomic mass is 16.5. The summed E-state index contributed by atoms with van der Waals surface area (Å²) in [5, 5.41) is 0. The summed E-state index contributed by atoms with van der Waals surface area (Å²) in [4.78, 5) is 26.5. The van der Waals surface area contributed by atoms with Crippen LogP contribution in [0.15, 0.2) is 45.6 Å². The largest absolute Gasteiger partial charge is 0.453 e. The molecule has 5 nitrogen and oxygen atoms in total. The number of hydrogen-bond acceptors (Lipinski definition) is 5. The van der Waals surface area contributed by atoms with E-state index < -0.39 is 5.97 Å². The molecule has 5 heteroatoms. The molecule has 94 valence electrons. The van der Waals surface area contributed by atoms with Crippen LogP contribution in [0.3, 0.4) is 0 Å². The second kappa shape index (κ2) is 4.20. The molecule has 19 heavy (non-hydrogen) atoms. The maximum atomic E-state index is 11.3. The van der Waals surface area contributed by atoms with E-state index in [-0.39, 0.29) is 5.43 Å². The second-order valence-electron chi connectivity index (χ2n) is 4.07. The lowest BCUT2D eigenvalue weighted by Gasteiger charge is -2.06. The molecule has 1 aromatic carbocycles. The lowest BCUT2D eigenvalue weighted by Crippen LogP contribution is -2.02. The first kappa shape index (κ1) is 11.4. The van der Waals surface area contributed by atoms with E-state index in [4.69, 9.17) is 9.15 Å². The van der Waals surface area contributed by atoms with Crippen molar-refractivity contribution in [3.8, 4) is 17.2 Å². The molecule has 1 heterocycles. The molecular formula is C14H9NO4. The summed E-state index contributed by atoms with van der Waals surface area (Å²) in [5.41, 5.74) is 1.54. The molecule has 0 fully saturated rings. The highest BCUT2D eigenvalue weighted by Crippen LogP contribution is 2.26. The molecule has 3 rings (SSSR count). The Morgan fingerprint density at radius 3 is 2.84 bits per heavy atom. The van der Waals surface area contributed by atoms with Crippen molar-refractivity contribution < 1.29 is 13.9 Å². The molecule has 1 aromatic rings. The third-order valence-electron chi connectivity index (χ3n) is 2.58. The number of benzene rings is 2. The van der Waals surface area contributed by atoms with E-state index in [2.05, 4.69) is 4.98 Å². The molecule has 2 aliphatic rings. The van der Waals surface area contributed by atoms with Crippen molar-refractivity contribution in [1.82, 2.24) is 4.98 Å². The van der Waals surface area contributed by atoms with Gasteiger partial charge in [0.2, 0.25) is 0 Å². The topological polar surface area (TPSA) is 69.4 Å². The zero-order valence-corrected chi connectivity index (χ0v) is 10.0. The normalized spacial score (nSPS) is 10.8. The summed E-state index contributed by atoms with van der Waals surface area (Å²) < 4.78 is 10.6. The van der Waals surface area contributed by atoms with Gasteiger partial charge in [-0.25, -0.2) is 4.98 Å². The number of ether oxygens (including phenoxy) is 1.